The van der Waals surface area contributed by atoms with Crippen LogP contribution in [0.1, 0.15) is 25.0 Å². The molecule has 0 spiro atoms. The van der Waals surface area contributed by atoms with Gasteiger partial charge in [-0.1, -0.05) is 37.6 Å². The first-order valence-corrected chi connectivity index (χ1v) is 5.89. The van der Waals surface area contributed by atoms with Crippen molar-refractivity contribution in [3.8, 4) is 0 Å². The third-order valence-electron chi connectivity index (χ3n) is 2.60. The molecule has 0 saturated heterocycles. The van der Waals surface area contributed by atoms with Gasteiger partial charge in [-0.15, -0.1) is 0 Å². The average Bonchev–Trinajstić information content (AvgIpc) is 2.23. The minimum Gasteiger partial charge on any atom is -0.396 e. The van der Waals surface area contributed by atoms with Crippen LogP contribution in [0.4, 0.5) is 0 Å². The molecular formula is C13H20ClNO. The zero-order valence-electron chi connectivity index (χ0n) is 10.2. The Bertz CT molecular complexity index is 350. The van der Waals surface area contributed by atoms with Crippen LogP contribution < -0.4 is 5.32 Å². The van der Waals surface area contributed by atoms with Crippen molar-refractivity contribution < 1.29 is 5.11 Å². The lowest BCUT2D eigenvalue weighted by molar-refractivity contribution is 0.156. The number of hydrogen-bond donors (Lipinski definition) is 2. The van der Waals surface area contributed by atoms with Crippen molar-refractivity contribution in [1.82, 2.24) is 5.32 Å². The van der Waals surface area contributed by atoms with E-state index in [2.05, 4.69) is 11.4 Å². The van der Waals surface area contributed by atoms with Crippen LogP contribution in [-0.2, 0) is 6.54 Å². The smallest absolute Gasteiger partial charge is 0.0494 e. The quantitative estimate of drug-likeness (QED) is 0.831. The van der Waals surface area contributed by atoms with E-state index in [1.807, 2.05) is 32.9 Å². The predicted octanol–water partition coefficient (Wildman–Crippen LogP) is 2.76. The van der Waals surface area contributed by atoms with Crippen molar-refractivity contribution in [3.63, 3.8) is 0 Å². The second-order valence-electron chi connectivity index (χ2n) is 5.01. The zero-order chi connectivity index (χ0) is 12.2. The van der Waals surface area contributed by atoms with Crippen LogP contribution >= 0.6 is 11.6 Å². The highest BCUT2D eigenvalue weighted by Gasteiger charge is 2.15. The Morgan fingerprint density at radius 2 is 2.06 bits per heavy atom. The van der Waals surface area contributed by atoms with Gasteiger partial charge in [0.1, 0.15) is 0 Å². The molecule has 1 aromatic rings. The molecule has 2 N–H and O–H groups in total. The number of aryl methyl sites for hydroxylation is 1. The largest absolute Gasteiger partial charge is 0.396 e. The van der Waals surface area contributed by atoms with E-state index >= 15 is 0 Å². The van der Waals surface area contributed by atoms with Gasteiger partial charge in [-0.25, -0.2) is 0 Å². The van der Waals surface area contributed by atoms with E-state index in [9.17, 15) is 0 Å². The summed E-state index contributed by atoms with van der Waals surface area (Å²) in [7, 11) is 0. The first kappa shape index (κ1) is 13.5. The molecule has 1 rings (SSSR count). The molecule has 0 amide bonds. The van der Waals surface area contributed by atoms with Gasteiger partial charge in [-0.3, -0.25) is 0 Å². The summed E-state index contributed by atoms with van der Waals surface area (Å²) in [5, 5.41) is 13.2. The second kappa shape index (κ2) is 5.67. The number of benzene rings is 1. The first-order chi connectivity index (χ1) is 7.44. The third-order valence-corrected chi connectivity index (χ3v) is 3.00. The van der Waals surface area contributed by atoms with Crippen molar-refractivity contribution in [2.24, 2.45) is 5.41 Å². The maximum atomic E-state index is 9.11. The van der Waals surface area contributed by atoms with Gasteiger partial charge in [0, 0.05) is 30.1 Å². The van der Waals surface area contributed by atoms with Crippen LogP contribution in [0.2, 0.25) is 5.02 Å². The summed E-state index contributed by atoms with van der Waals surface area (Å²) in [4.78, 5) is 0. The summed E-state index contributed by atoms with van der Waals surface area (Å²) in [6.45, 7) is 7.81. The molecule has 16 heavy (non-hydrogen) atoms. The molecule has 0 radical (unpaired) electrons. The predicted molar refractivity (Wildman–Crippen MR) is 68.8 cm³/mol. The Hall–Kier alpha value is -0.570. The maximum Gasteiger partial charge on any atom is 0.0494 e. The number of halogens is 1. The van der Waals surface area contributed by atoms with Gasteiger partial charge in [0.25, 0.3) is 0 Å². The topological polar surface area (TPSA) is 32.3 Å². The standard InChI is InChI=1S/C13H20ClNO/c1-10-4-5-11(6-12(10)14)7-15-8-13(2,3)9-16/h4-6,15-16H,7-9H2,1-3H3. The number of aliphatic hydroxyl groups is 1. The molecule has 0 heterocycles. The Morgan fingerprint density at radius 1 is 1.38 bits per heavy atom. The Morgan fingerprint density at radius 3 is 2.62 bits per heavy atom. The van der Waals surface area contributed by atoms with Crippen LogP contribution in [0, 0.1) is 12.3 Å². The van der Waals surface area contributed by atoms with Crippen molar-refractivity contribution in [1.29, 1.82) is 0 Å². The summed E-state index contributed by atoms with van der Waals surface area (Å²) in [6.07, 6.45) is 0. The highest BCUT2D eigenvalue weighted by molar-refractivity contribution is 6.31. The van der Waals surface area contributed by atoms with Gasteiger partial charge < -0.3 is 10.4 Å². The van der Waals surface area contributed by atoms with E-state index in [0.29, 0.717) is 0 Å². The fourth-order valence-corrected chi connectivity index (χ4v) is 1.55. The van der Waals surface area contributed by atoms with E-state index in [4.69, 9.17) is 16.7 Å². The molecule has 0 aliphatic rings. The normalized spacial score (nSPS) is 11.8. The monoisotopic (exact) mass is 241 g/mol. The van der Waals surface area contributed by atoms with Gasteiger partial charge in [0.15, 0.2) is 0 Å². The van der Waals surface area contributed by atoms with E-state index in [0.717, 1.165) is 23.7 Å². The van der Waals surface area contributed by atoms with E-state index in [1.54, 1.807) is 0 Å². The molecule has 0 saturated carbocycles. The molecule has 0 atom stereocenters. The number of aliphatic hydroxyl groups excluding tert-OH is 1. The van der Waals surface area contributed by atoms with Crippen molar-refractivity contribution in [2.45, 2.75) is 27.3 Å². The summed E-state index contributed by atoms with van der Waals surface area (Å²) in [5.74, 6) is 0. The lowest BCUT2D eigenvalue weighted by Crippen LogP contribution is -2.31. The van der Waals surface area contributed by atoms with Crippen LogP contribution in [0.3, 0.4) is 0 Å². The molecule has 90 valence electrons. The molecule has 0 aliphatic heterocycles. The lowest BCUT2D eigenvalue weighted by Gasteiger charge is -2.22. The van der Waals surface area contributed by atoms with Crippen LogP contribution in [-0.4, -0.2) is 18.3 Å². The van der Waals surface area contributed by atoms with Gasteiger partial charge in [-0.2, -0.15) is 0 Å². The van der Waals surface area contributed by atoms with Crippen LogP contribution in [0.5, 0.6) is 0 Å². The fourth-order valence-electron chi connectivity index (χ4n) is 1.35. The SMILES string of the molecule is Cc1ccc(CNCC(C)(C)CO)cc1Cl. The Balaban J connectivity index is 2.46. The Kier molecular flexibility index (Phi) is 4.78. The van der Waals surface area contributed by atoms with E-state index in [-0.39, 0.29) is 12.0 Å². The highest BCUT2D eigenvalue weighted by atomic mass is 35.5. The molecular weight excluding hydrogens is 222 g/mol. The molecule has 0 fully saturated rings. The molecule has 3 heteroatoms. The lowest BCUT2D eigenvalue weighted by atomic mass is 9.95. The molecule has 0 aromatic heterocycles. The van der Waals surface area contributed by atoms with Crippen molar-refractivity contribution in [3.05, 3.63) is 34.3 Å². The summed E-state index contributed by atoms with van der Waals surface area (Å²) in [6, 6.07) is 6.08. The van der Waals surface area contributed by atoms with Gasteiger partial charge in [0.05, 0.1) is 0 Å². The molecule has 2 nitrogen and oxygen atoms in total. The molecule has 0 unspecified atom stereocenters. The minimum atomic E-state index is -0.0749. The van der Waals surface area contributed by atoms with Gasteiger partial charge in [0.2, 0.25) is 0 Å². The Labute approximate surface area is 103 Å². The summed E-state index contributed by atoms with van der Waals surface area (Å²) < 4.78 is 0. The van der Waals surface area contributed by atoms with Crippen LogP contribution in [0.25, 0.3) is 0 Å². The van der Waals surface area contributed by atoms with Gasteiger partial charge in [-0.05, 0) is 24.1 Å². The maximum absolute atomic E-state index is 9.11. The first-order valence-electron chi connectivity index (χ1n) is 5.51. The molecule has 1 aromatic carbocycles. The third kappa shape index (κ3) is 4.12. The molecule has 0 aliphatic carbocycles. The minimum absolute atomic E-state index is 0.0749. The average molecular weight is 242 g/mol. The van der Waals surface area contributed by atoms with Gasteiger partial charge >= 0.3 is 0 Å². The summed E-state index contributed by atoms with van der Waals surface area (Å²) >= 11 is 6.04. The summed E-state index contributed by atoms with van der Waals surface area (Å²) in [5.41, 5.74) is 2.19. The highest BCUT2D eigenvalue weighted by Crippen LogP contribution is 2.17. The number of rotatable bonds is 5. The van der Waals surface area contributed by atoms with E-state index < -0.39 is 0 Å². The van der Waals surface area contributed by atoms with Crippen LogP contribution in [0.15, 0.2) is 18.2 Å². The fraction of sp³-hybridized carbons (Fsp3) is 0.538. The second-order valence-corrected chi connectivity index (χ2v) is 5.42. The van der Waals surface area contributed by atoms with E-state index in [1.165, 1.54) is 5.56 Å². The van der Waals surface area contributed by atoms with Crippen molar-refractivity contribution in [2.75, 3.05) is 13.2 Å². The zero-order valence-corrected chi connectivity index (χ0v) is 10.9. The van der Waals surface area contributed by atoms with Crippen molar-refractivity contribution >= 4 is 11.6 Å². The number of hydrogen-bond acceptors (Lipinski definition) is 2. The number of nitrogens with one attached hydrogen (secondary N) is 1. The molecule has 0 bridgehead atoms.